The van der Waals surface area contributed by atoms with Gasteiger partial charge < -0.3 is 9.72 Å². The summed E-state index contributed by atoms with van der Waals surface area (Å²) in [5.74, 6) is 0. The Morgan fingerprint density at radius 3 is 2.72 bits per heavy atom. The van der Waals surface area contributed by atoms with Crippen LogP contribution in [0.15, 0.2) is 24.4 Å². The highest BCUT2D eigenvalue weighted by atomic mass is 16.6. The number of hydrogen-bond acceptors (Lipinski definition) is 2. The molecule has 96 valence electrons. The van der Waals surface area contributed by atoms with Crippen LogP contribution in [0.5, 0.6) is 0 Å². The van der Waals surface area contributed by atoms with Crippen LogP contribution in [-0.4, -0.2) is 16.7 Å². The molecule has 18 heavy (non-hydrogen) atoms. The number of benzene rings is 1. The first kappa shape index (κ1) is 12.5. The number of carbonyl (C=O) groups excluding carboxylic acids is 1. The van der Waals surface area contributed by atoms with Gasteiger partial charge in [0.1, 0.15) is 5.60 Å². The maximum Gasteiger partial charge on any atom is 0.412 e. The molecule has 0 aliphatic heterocycles. The number of nitrogens with one attached hydrogen (secondary N) is 2. The predicted octanol–water partition coefficient (Wildman–Crippen LogP) is 3.82. The summed E-state index contributed by atoms with van der Waals surface area (Å²) in [4.78, 5) is 14.9. The summed E-state index contributed by atoms with van der Waals surface area (Å²) in [7, 11) is 0. The van der Waals surface area contributed by atoms with Crippen LogP contribution >= 0.6 is 0 Å². The summed E-state index contributed by atoms with van der Waals surface area (Å²) >= 11 is 0. The molecule has 1 aromatic heterocycles. The normalized spacial score (nSPS) is 11.6. The lowest BCUT2D eigenvalue weighted by molar-refractivity contribution is 0.0636. The molecular weight excluding hydrogens is 228 g/mol. The van der Waals surface area contributed by atoms with Crippen molar-refractivity contribution < 1.29 is 9.53 Å². The minimum Gasteiger partial charge on any atom is -0.444 e. The van der Waals surface area contributed by atoms with Crippen molar-refractivity contribution in [3.05, 3.63) is 30.0 Å². The van der Waals surface area contributed by atoms with Gasteiger partial charge >= 0.3 is 6.09 Å². The monoisotopic (exact) mass is 246 g/mol. The number of hydrogen-bond donors (Lipinski definition) is 2. The summed E-state index contributed by atoms with van der Waals surface area (Å²) < 4.78 is 5.24. The second-order valence-electron chi connectivity index (χ2n) is 5.38. The van der Waals surface area contributed by atoms with Crippen molar-refractivity contribution >= 4 is 22.7 Å². The van der Waals surface area contributed by atoms with Gasteiger partial charge in [-0.05, 0) is 51.5 Å². The van der Waals surface area contributed by atoms with Gasteiger partial charge in [-0.25, -0.2) is 4.79 Å². The number of fused-ring (bicyclic) bond motifs is 1. The van der Waals surface area contributed by atoms with Crippen LogP contribution in [0, 0.1) is 6.92 Å². The van der Waals surface area contributed by atoms with E-state index in [-0.39, 0.29) is 0 Å². The van der Waals surface area contributed by atoms with Gasteiger partial charge in [-0.3, -0.25) is 5.32 Å². The molecule has 1 amide bonds. The molecular formula is C14H18N2O2. The fourth-order valence-corrected chi connectivity index (χ4v) is 1.83. The summed E-state index contributed by atoms with van der Waals surface area (Å²) in [5, 5.41) is 3.85. The first-order chi connectivity index (χ1) is 8.35. The van der Waals surface area contributed by atoms with E-state index in [1.165, 1.54) is 0 Å². The molecule has 0 atom stereocenters. The lowest BCUT2D eigenvalue weighted by Gasteiger charge is -2.20. The van der Waals surface area contributed by atoms with E-state index in [1.54, 1.807) is 0 Å². The number of carbonyl (C=O) groups is 1. The number of aromatic amines is 1. The minimum atomic E-state index is -0.497. The largest absolute Gasteiger partial charge is 0.444 e. The second kappa shape index (κ2) is 4.37. The van der Waals surface area contributed by atoms with Crippen molar-refractivity contribution in [2.24, 2.45) is 0 Å². The maximum atomic E-state index is 11.8. The average Bonchev–Trinajstić information content (AvgIpc) is 2.61. The third kappa shape index (κ3) is 2.83. The van der Waals surface area contributed by atoms with Gasteiger partial charge in [-0.1, -0.05) is 0 Å². The van der Waals surface area contributed by atoms with Crippen molar-refractivity contribution in [1.29, 1.82) is 0 Å². The summed E-state index contributed by atoms with van der Waals surface area (Å²) in [6.07, 6.45) is 1.41. The number of aromatic nitrogens is 1. The summed E-state index contributed by atoms with van der Waals surface area (Å²) in [6.45, 7) is 7.51. The molecule has 0 bridgehead atoms. The molecule has 0 radical (unpaired) electrons. The lowest BCUT2D eigenvalue weighted by atomic mass is 10.1. The van der Waals surface area contributed by atoms with Crippen LogP contribution in [0.3, 0.4) is 0 Å². The van der Waals surface area contributed by atoms with Gasteiger partial charge in [0.05, 0.1) is 11.2 Å². The van der Waals surface area contributed by atoms with E-state index >= 15 is 0 Å². The molecule has 2 aromatic rings. The van der Waals surface area contributed by atoms with Crippen molar-refractivity contribution in [3.8, 4) is 0 Å². The number of amides is 1. The number of ether oxygens (including phenoxy) is 1. The van der Waals surface area contributed by atoms with Crippen molar-refractivity contribution in [1.82, 2.24) is 4.98 Å². The van der Waals surface area contributed by atoms with Gasteiger partial charge in [0.15, 0.2) is 0 Å². The maximum absolute atomic E-state index is 11.8. The molecule has 0 fully saturated rings. The smallest absolute Gasteiger partial charge is 0.412 e. The van der Waals surface area contributed by atoms with Crippen molar-refractivity contribution in [2.75, 3.05) is 5.32 Å². The number of H-pyrrole nitrogens is 1. The molecule has 1 heterocycles. The SMILES string of the molecule is Cc1cc(NC(=O)OC(C)(C)C)c2[nH]ccc2c1. The second-order valence-corrected chi connectivity index (χ2v) is 5.38. The third-order valence-electron chi connectivity index (χ3n) is 2.44. The van der Waals surface area contributed by atoms with Crippen LogP contribution < -0.4 is 5.32 Å². The Kier molecular flexibility index (Phi) is 3.03. The zero-order valence-corrected chi connectivity index (χ0v) is 11.1. The Morgan fingerprint density at radius 2 is 2.06 bits per heavy atom. The molecule has 0 aliphatic carbocycles. The summed E-state index contributed by atoms with van der Waals surface area (Å²) in [5.41, 5.74) is 2.24. The quantitative estimate of drug-likeness (QED) is 0.803. The molecule has 1 aromatic carbocycles. The zero-order valence-electron chi connectivity index (χ0n) is 11.1. The van der Waals surface area contributed by atoms with Crippen LogP contribution in [-0.2, 0) is 4.74 Å². The molecule has 0 spiro atoms. The number of anilines is 1. The van der Waals surface area contributed by atoms with Gasteiger partial charge in [-0.2, -0.15) is 0 Å². The Hall–Kier alpha value is -1.97. The fraction of sp³-hybridized carbons (Fsp3) is 0.357. The third-order valence-corrected chi connectivity index (χ3v) is 2.44. The molecule has 0 aliphatic rings. The lowest BCUT2D eigenvalue weighted by Crippen LogP contribution is -2.27. The van der Waals surface area contributed by atoms with Crippen LogP contribution in [0.1, 0.15) is 26.3 Å². The Morgan fingerprint density at radius 1 is 1.33 bits per heavy atom. The zero-order chi connectivity index (χ0) is 13.3. The summed E-state index contributed by atoms with van der Waals surface area (Å²) in [6, 6.07) is 5.96. The first-order valence-corrected chi connectivity index (χ1v) is 5.93. The van der Waals surface area contributed by atoms with E-state index < -0.39 is 11.7 Å². The fourth-order valence-electron chi connectivity index (χ4n) is 1.83. The van der Waals surface area contributed by atoms with Crippen LogP contribution in [0.2, 0.25) is 0 Å². The molecule has 4 nitrogen and oxygen atoms in total. The molecule has 2 rings (SSSR count). The highest BCUT2D eigenvalue weighted by Gasteiger charge is 2.17. The Bertz CT molecular complexity index is 579. The van der Waals surface area contributed by atoms with Crippen molar-refractivity contribution in [3.63, 3.8) is 0 Å². The average molecular weight is 246 g/mol. The Labute approximate surface area is 106 Å². The molecule has 0 saturated heterocycles. The molecule has 2 N–H and O–H groups in total. The van der Waals surface area contributed by atoms with E-state index in [1.807, 2.05) is 46.0 Å². The van der Waals surface area contributed by atoms with E-state index in [0.29, 0.717) is 0 Å². The molecule has 4 heteroatoms. The predicted molar refractivity (Wildman–Crippen MR) is 72.9 cm³/mol. The van der Waals surface area contributed by atoms with Gasteiger partial charge in [0, 0.05) is 11.6 Å². The van der Waals surface area contributed by atoms with Crippen LogP contribution in [0.25, 0.3) is 10.9 Å². The number of aryl methyl sites for hydroxylation is 1. The highest BCUT2D eigenvalue weighted by Crippen LogP contribution is 2.24. The molecule has 0 saturated carbocycles. The van der Waals surface area contributed by atoms with Gasteiger partial charge in [-0.15, -0.1) is 0 Å². The highest BCUT2D eigenvalue weighted by molar-refractivity contribution is 5.98. The minimum absolute atomic E-state index is 0.441. The van der Waals surface area contributed by atoms with Crippen molar-refractivity contribution in [2.45, 2.75) is 33.3 Å². The molecule has 0 unspecified atom stereocenters. The van der Waals surface area contributed by atoms with Crippen LogP contribution in [0.4, 0.5) is 10.5 Å². The van der Waals surface area contributed by atoms with E-state index in [0.717, 1.165) is 22.2 Å². The van der Waals surface area contributed by atoms with Gasteiger partial charge in [0.2, 0.25) is 0 Å². The standard InChI is InChI=1S/C14H18N2O2/c1-9-7-10-5-6-15-12(10)11(8-9)16-13(17)18-14(2,3)4/h5-8,15H,1-4H3,(H,16,17). The van der Waals surface area contributed by atoms with E-state index in [4.69, 9.17) is 4.74 Å². The number of rotatable bonds is 1. The van der Waals surface area contributed by atoms with E-state index in [2.05, 4.69) is 16.4 Å². The Balaban J connectivity index is 2.26. The first-order valence-electron chi connectivity index (χ1n) is 5.93. The topological polar surface area (TPSA) is 54.1 Å². The van der Waals surface area contributed by atoms with Gasteiger partial charge in [0.25, 0.3) is 0 Å². The van der Waals surface area contributed by atoms with E-state index in [9.17, 15) is 4.79 Å².